The lowest BCUT2D eigenvalue weighted by Crippen LogP contribution is -2.54. The van der Waals surface area contributed by atoms with Gasteiger partial charge in [0.2, 0.25) is 0 Å². The van der Waals surface area contributed by atoms with Crippen LogP contribution in [0.25, 0.3) is 0 Å². The van der Waals surface area contributed by atoms with Gasteiger partial charge in [0.25, 0.3) is 0 Å². The van der Waals surface area contributed by atoms with Crippen LogP contribution in [-0.2, 0) is 16.0 Å². The van der Waals surface area contributed by atoms with E-state index in [9.17, 15) is 22.4 Å². The molecule has 1 unspecified atom stereocenters. The maximum atomic E-state index is 12.8. The first-order chi connectivity index (χ1) is 9.66. The maximum absolute atomic E-state index is 12.8. The third-order valence-corrected chi connectivity index (χ3v) is 2.88. The normalized spacial score (nSPS) is 14.6. The van der Waals surface area contributed by atoms with Crippen LogP contribution in [0.3, 0.4) is 0 Å². The molecule has 0 aliphatic heterocycles. The van der Waals surface area contributed by atoms with Crippen LogP contribution < -0.4 is 5.32 Å². The van der Waals surface area contributed by atoms with Crippen LogP contribution in [0.1, 0.15) is 19.4 Å². The molecule has 3 nitrogen and oxygen atoms in total. The summed E-state index contributed by atoms with van der Waals surface area (Å²) in [6, 6.07) is 5.21. The molecule has 1 aromatic rings. The van der Waals surface area contributed by atoms with E-state index < -0.39 is 30.0 Å². The number of carbonyl (C=O) groups is 1. The lowest BCUT2D eigenvalue weighted by Gasteiger charge is -2.29. The Morgan fingerprint density at radius 2 is 1.81 bits per heavy atom. The summed E-state index contributed by atoms with van der Waals surface area (Å²) in [6.07, 6.45) is -4.49. The highest BCUT2D eigenvalue weighted by molar-refractivity contribution is 5.80. The number of esters is 1. The predicted molar refractivity (Wildman–Crippen MR) is 69.2 cm³/mol. The van der Waals surface area contributed by atoms with Gasteiger partial charge in [0.1, 0.15) is 11.4 Å². The quantitative estimate of drug-likeness (QED) is 0.649. The molecule has 0 fully saturated rings. The van der Waals surface area contributed by atoms with Crippen molar-refractivity contribution in [2.75, 3.05) is 13.2 Å². The average molecular weight is 307 g/mol. The van der Waals surface area contributed by atoms with Gasteiger partial charge in [-0.3, -0.25) is 10.1 Å². The number of hydrogen-bond acceptors (Lipinski definition) is 3. The van der Waals surface area contributed by atoms with Crippen molar-refractivity contribution in [3.8, 4) is 0 Å². The third-order valence-electron chi connectivity index (χ3n) is 2.88. The lowest BCUT2D eigenvalue weighted by atomic mass is 9.92. The Balaban J connectivity index is 2.90. The van der Waals surface area contributed by atoms with Crippen molar-refractivity contribution in [3.63, 3.8) is 0 Å². The maximum Gasteiger partial charge on any atom is 0.401 e. The fourth-order valence-corrected chi connectivity index (χ4v) is 1.80. The molecule has 1 atom stereocenters. The van der Waals surface area contributed by atoms with Crippen LogP contribution in [0, 0.1) is 5.82 Å². The van der Waals surface area contributed by atoms with Crippen molar-refractivity contribution >= 4 is 5.97 Å². The average Bonchev–Trinajstić information content (AvgIpc) is 2.39. The van der Waals surface area contributed by atoms with Crippen molar-refractivity contribution in [3.05, 3.63) is 35.6 Å². The van der Waals surface area contributed by atoms with Gasteiger partial charge in [0.15, 0.2) is 0 Å². The second-order valence-corrected chi connectivity index (χ2v) is 4.82. The first-order valence-electron chi connectivity index (χ1n) is 6.40. The number of halogens is 4. The molecule has 0 aliphatic carbocycles. The Labute approximate surface area is 120 Å². The number of ether oxygens (including phenoxy) is 1. The molecule has 0 radical (unpaired) electrons. The Morgan fingerprint density at radius 3 is 2.29 bits per heavy atom. The Hall–Kier alpha value is -1.63. The van der Waals surface area contributed by atoms with Gasteiger partial charge in [-0.15, -0.1) is 0 Å². The van der Waals surface area contributed by atoms with Crippen LogP contribution in [0.2, 0.25) is 0 Å². The Morgan fingerprint density at radius 1 is 1.24 bits per heavy atom. The highest BCUT2D eigenvalue weighted by Gasteiger charge is 2.39. The van der Waals surface area contributed by atoms with Crippen molar-refractivity contribution in [1.82, 2.24) is 5.32 Å². The summed E-state index contributed by atoms with van der Waals surface area (Å²) in [5.74, 6) is -1.24. The van der Waals surface area contributed by atoms with Gasteiger partial charge in [0.05, 0.1) is 13.2 Å². The second kappa shape index (κ2) is 6.89. The molecule has 0 aliphatic rings. The number of benzene rings is 1. The minimum absolute atomic E-state index is 0.0395. The number of nitrogens with one attached hydrogen (secondary N) is 1. The molecule has 21 heavy (non-hydrogen) atoms. The van der Waals surface area contributed by atoms with Crippen LogP contribution >= 0.6 is 0 Å². The molecule has 0 saturated heterocycles. The number of carbonyl (C=O) groups excluding carboxylic acids is 1. The summed E-state index contributed by atoms with van der Waals surface area (Å²) in [6.45, 7) is 1.65. The fraction of sp³-hybridized carbons (Fsp3) is 0.500. The fourth-order valence-electron chi connectivity index (χ4n) is 1.80. The Kier molecular flexibility index (Phi) is 5.71. The molecule has 0 bridgehead atoms. The molecule has 118 valence electrons. The second-order valence-electron chi connectivity index (χ2n) is 4.82. The van der Waals surface area contributed by atoms with Crippen LogP contribution in [-0.4, -0.2) is 30.8 Å². The van der Waals surface area contributed by atoms with Gasteiger partial charge in [-0.05, 0) is 31.5 Å². The molecule has 0 spiro atoms. The SMILES string of the molecule is CCOC(=O)C(C)(Cc1ccc(F)cc1)NCC(F)(F)F. The van der Waals surface area contributed by atoms with E-state index in [1.807, 2.05) is 0 Å². The van der Waals surface area contributed by atoms with Gasteiger partial charge in [-0.1, -0.05) is 12.1 Å². The van der Waals surface area contributed by atoms with Gasteiger partial charge in [-0.25, -0.2) is 4.39 Å². The van der Waals surface area contributed by atoms with Crippen LogP contribution in [0.4, 0.5) is 17.6 Å². The highest BCUT2D eigenvalue weighted by Crippen LogP contribution is 2.19. The van der Waals surface area contributed by atoms with E-state index in [1.54, 1.807) is 6.92 Å². The zero-order chi connectivity index (χ0) is 16.1. The summed E-state index contributed by atoms with van der Waals surface area (Å²) < 4.78 is 54.8. The molecule has 0 amide bonds. The summed E-state index contributed by atoms with van der Waals surface area (Å²) in [4.78, 5) is 11.9. The molecule has 0 aromatic heterocycles. The highest BCUT2D eigenvalue weighted by atomic mass is 19.4. The Bertz CT molecular complexity index is 473. The molecule has 1 rings (SSSR count). The largest absolute Gasteiger partial charge is 0.465 e. The lowest BCUT2D eigenvalue weighted by molar-refractivity contribution is -0.154. The van der Waals surface area contributed by atoms with E-state index in [1.165, 1.54) is 31.2 Å². The van der Waals surface area contributed by atoms with Crippen molar-refractivity contribution < 1.29 is 27.1 Å². The van der Waals surface area contributed by atoms with Crippen LogP contribution in [0.5, 0.6) is 0 Å². The van der Waals surface area contributed by atoms with Crippen molar-refractivity contribution in [2.45, 2.75) is 32.0 Å². The minimum atomic E-state index is -4.45. The smallest absolute Gasteiger partial charge is 0.401 e. The van der Waals surface area contributed by atoms with E-state index >= 15 is 0 Å². The summed E-state index contributed by atoms with van der Waals surface area (Å²) in [5.41, 5.74) is -1.01. The standard InChI is InChI=1S/C14H17F4NO2/c1-3-21-12(20)13(2,19-9-14(16,17)18)8-10-4-6-11(15)7-5-10/h4-7,19H,3,8-9H2,1-2H3. The first kappa shape index (κ1) is 17.4. The van der Waals surface area contributed by atoms with Crippen molar-refractivity contribution in [1.29, 1.82) is 0 Å². The topological polar surface area (TPSA) is 38.3 Å². The summed E-state index contributed by atoms with van der Waals surface area (Å²) in [7, 11) is 0. The van der Waals surface area contributed by atoms with Gasteiger partial charge >= 0.3 is 12.1 Å². The van der Waals surface area contributed by atoms with E-state index in [2.05, 4.69) is 5.32 Å². The van der Waals surface area contributed by atoms with Gasteiger partial charge in [-0.2, -0.15) is 13.2 Å². The van der Waals surface area contributed by atoms with E-state index in [4.69, 9.17) is 4.74 Å². The predicted octanol–water partition coefficient (Wildman–Crippen LogP) is 2.84. The van der Waals surface area contributed by atoms with E-state index in [0.29, 0.717) is 5.56 Å². The van der Waals surface area contributed by atoms with Gasteiger partial charge in [0, 0.05) is 6.42 Å². The zero-order valence-electron chi connectivity index (χ0n) is 11.8. The van der Waals surface area contributed by atoms with E-state index in [0.717, 1.165) is 0 Å². The van der Waals surface area contributed by atoms with Gasteiger partial charge < -0.3 is 4.74 Å². The molecule has 1 aromatic carbocycles. The number of hydrogen-bond donors (Lipinski definition) is 1. The molecule has 0 saturated carbocycles. The molecule has 1 N–H and O–H groups in total. The number of alkyl halides is 3. The molecular formula is C14H17F4NO2. The third kappa shape index (κ3) is 5.71. The summed E-state index contributed by atoms with van der Waals surface area (Å²) in [5, 5.41) is 2.19. The molecular weight excluding hydrogens is 290 g/mol. The molecule has 7 heteroatoms. The van der Waals surface area contributed by atoms with Crippen LogP contribution in [0.15, 0.2) is 24.3 Å². The monoisotopic (exact) mass is 307 g/mol. The van der Waals surface area contributed by atoms with E-state index in [-0.39, 0.29) is 13.0 Å². The summed E-state index contributed by atoms with van der Waals surface area (Å²) >= 11 is 0. The minimum Gasteiger partial charge on any atom is -0.465 e. The first-order valence-corrected chi connectivity index (χ1v) is 6.40. The molecule has 0 heterocycles. The number of rotatable bonds is 6. The van der Waals surface area contributed by atoms with Crippen molar-refractivity contribution in [2.24, 2.45) is 0 Å². The zero-order valence-corrected chi connectivity index (χ0v) is 11.8.